The molecular weight excluding hydrogens is 302 g/mol. The summed E-state index contributed by atoms with van der Waals surface area (Å²) in [7, 11) is 0. The van der Waals surface area contributed by atoms with Gasteiger partial charge in [-0.15, -0.1) is 0 Å². The van der Waals surface area contributed by atoms with Crippen LogP contribution in [0.4, 0.5) is 10.5 Å². The molecule has 1 atom stereocenters. The van der Waals surface area contributed by atoms with Crippen molar-refractivity contribution in [3.8, 4) is 5.75 Å². The number of carbonyl (C=O) groups excluding carboxylic acids is 1. The average molecular weight is 323 g/mol. The van der Waals surface area contributed by atoms with E-state index in [1.54, 1.807) is 12.4 Å². The molecule has 2 heterocycles. The molecule has 0 bridgehead atoms. The largest absolute Gasteiger partial charge is 0.487 e. The molecule has 1 aromatic heterocycles. The molecule has 4 rings (SSSR count). The van der Waals surface area contributed by atoms with Crippen LogP contribution in [0.15, 0.2) is 42.7 Å². The van der Waals surface area contributed by atoms with E-state index in [1.165, 1.54) is 17.5 Å². The highest BCUT2D eigenvalue weighted by molar-refractivity contribution is 5.89. The molecular formula is C19H21N3O2. The van der Waals surface area contributed by atoms with Gasteiger partial charge in [0.05, 0.1) is 12.7 Å². The van der Waals surface area contributed by atoms with Crippen LogP contribution in [0.2, 0.25) is 0 Å². The number of hydrogen-bond donors (Lipinski definition) is 1. The maximum Gasteiger partial charge on any atom is 0.321 e. The normalized spacial score (nSPS) is 19.2. The number of likely N-dealkylation sites (tertiary alicyclic amines) is 1. The minimum atomic E-state index is -0.0507. The van der Waals surface area contributed by atoms with Gasteiger partial charge in [0, 0.05) is 24.8 Å². The fourth-order valence-electron chi connectivity index (χ4n) is 3.47. The summed E-state index contributed by atoms with van der Waals surface area (Å²) in [5, 5.41) is 3.02. The summed E-state index contributed by atoms with van der Waals surface area (Å²) < 4.78 is 5.88. The summed E-state index contributed by atoms with van der Waals surface area (Å²) >= 11 is 0. The second-order valence-electron chi connectivity index (χ2n) is 6.43. The molecule has 0 unspecified atom stereocenters. The van der Waals surface area contributed by atoms with Gasteiger partial charge >= 0.3 is 6.03 Å². The van der Waals surface area contributed by atoms with Crippen molar-refractivity contribution < 1.29 is 9.53 Å². The molecule has 1 aliphatic carbocycles. The molecule has 2 aromatic rings. The lowest BCUT2D eigenvalue weighted by atomic mass is 10.1. The number of ether oxygens (including phenoxy) is 1. The van der Waals surface area contributed by atoms with Gasteiger partial charge in [-0.25, -0.2) is 4.79 Å². The Balaban J connectivity index is 1.34. The zero-order valence-electron chi connectivity index (χ0n) is 13.6. The molecule has 2 aliphatic rings. The van der Waals surface area contributed by atoms with Crippen molar-refractivity contribution in [2.24, 2.45) is 0 Å². The number of carbonyl (C=O) groups is 1. The Hall–Kier alpha value is -2.56. The SMILES string of the molecule is O=C(Nc1ccc2c(c1)CCC2)N1CC[C@@H](Oc2cccnc2)C1. The number of aromatic nitrogens is 1. The number of nitrogens with zero attached hydrogens (tertiary/aromatic N) is 2. The molecule has 1 fully saturated rings. The van der Waals surface area contributed by atoms with Crippen molar-refractivity contribution in [3.05, 3.63) is 53.9 Å². The zero-order chi connectivity index (χ0) is 16.4. The summed E-state index contributed by atoms with van der Waals surface area (Å²) in [6.45, 7) is 1.31. The van der Waals surface area contributed by atoms with Crippen LogP contribution in [-0.4, -0.2) is 35.1 Å². The first kappa shape index (κ1) is 15.0. The van der Waals surface area contributed by atoms with Gasteiger partial charge in [0.25, 0.3) is 0 Å². The van der Waals surface area contributed by atoms with Gasteiger partial charge in [-0.1, -0.05) is 6.07 Å². The highest BCUT2D eigenvalue weighted by atomic mass is 16.5. The third-order valence-electron chi connectivity index (χ3n) is 4.72. The summed E-state index contributed by atoms with van der Waals surface area (Å²) in [5.74, 6) is 0.753. The first-order valence-electron chi connectivity index (χ1n) is 8.52. The summed E-state index contributed by atoms with van der Waals surface area (Å²) in [6.07, 6.45) is 7.77. The number of aryl methyl sites for hydroxylation is 2. The van der Waals surface area contributed by atoms with E-state index < -0.39 is 0 Å². The lowest BCUT2D eigenvalue weighted by Gasteiger charge is -2.18. The Bertz CT molecular complexity index is 733. The lowest BCUT2D eigenvalue weighted by molar-refractivity contribution is 0.194. The number of fused-ring (bicyclic) bond motifs is 1. The van der Waals surface area contributed by atoms with Crippen molar-refractivity contribution in [1.29, 1.82) is 0 Å². The standard InChI is InChI=1S/C19H21N3O2/c23-19(21-16-7-6-14-3-1-4-15(14)11-16)22-10-8-18(13-22)24-17-5-2-9-20-12-17/h2,5-7,9,11-12,18H,1,3-4,8,10,13H2,(H,21,23)/t18-/m1/s1. The number of anilines is 1. The molecule has 1 aromatic carbocycles. The van der Waals surface area contributed by atoms with Crippen LogP contribution in [0.3, 0.4) is 0 Å². The van der Waals surface area contributed by atoms with Crippen LogP contribution in [0, 0.1) is 0 Å². The molecule has 0 radical (unpaired) electrons. The highest BCUT2D eigenvalue weighted by Gasteiger charge is 2.27. The van der Waals surface area contributed by atoms with Crippen molar-refractivity contribution in [1.82, 2.24) is 9.88 Å². The third-order valence-corrected chi connectivity index (χ3v) is 4.72. The average Bonchev–Trinajstić information content (AvgIpc) is 3.24. The molecule has 124 valence electrons. The van der Waals surface area contributed by atoms with Crippen molar-refractivity contribution in [2.45, 2.75) is 31.8 Å². The Morgan fingerprint density at radius 1 is 1.25 bits per heavy atom. The van der Waals surface area contributed by atoms with Crippen molar-refractivity contribution in [2.75, 3.05) is 18.4 Å². The number of hydrogen-bond acceptors (Lipinski definition) is 3. The summed E-state index contributed by atoms with van der Waals surface area (Å²) in [4.78, 5) is 18.3. The summed E-state index contributed by atoms with van der Waals surface area (Å²) in [6, 6.07) is 9.94. The predicted octanol–water partition coefficient (Wildman–Crippen LogP) is 3.26. The van der Waals surface area contributed by atoms with Crippen molar-refractivity contribution >= 4 is 11.7 Å². The number of benzene rings is 1. The van der Waals surface area contributed by atoms with Gasteiger partial charge in [-0.3, -0.25) is 4.98 Å². The van der Waals surface area contributed by atoms with E-state index >= 15 is 0 Å². The second-order valence-corrected chi connectivity index (χ2v) is 6.43. The first-order valence-corrected chi connectivity index (χ1v) is 8.52. The fourth-order valence-corrected chi connectivity index (χ4v) is 3.47. The highest BCUT2D eigenvalue weighted by Crippen LogP contribution is 2.25. The molecule has 1 saturated heterocycles. The minimum absolute atomic E-state index is 0.0278. The molecule has 1 N–H and O–H groups in total. The monoisotopic (exact) mass is 323 g/mol. The first-order chi connectivity index (χ1) is 11.8. The van der Waals surface area contributed by atoms with Gasteiger partial charge in [0.15, 0.2) is 0 Å². The Labute approximate surface area is 141 Å². The number of rotatable bonds is 3. The van der Waals surface area contributed by atoms with E-state index in [4.69, 9.17) is 4.74 Å². The topological polar surface area (TPSA) is 54.5 Å². The van der Waals surface area contributed by atoms with E-state index in [1.807, 2.05) is 23.1 Å². The summed E-state index contributed by atoms with van der Waals surface area (Å²) in [5.41, 5.74) is 3.67. The Kier molecular flexibility index (Phi) is 4.07. The van der Waals surface area contributed by atoms with Crippen LogP contribution in [-0.2, 0) is 12.8 Å². The van der Waals surface area contributed by atoms with Crippen LogP contribution >= 0.6 is 0 Å². The number of nitrogens with one attached hydrogen (secondary N) is 1. The quantitative estimate of drug-likeness (QED) is 0.943. The maximum absolute atomic E-state index is 12.5. The van der Waals surface area contributed by atoms with Gasteiger partial charge in [0.2, 0.25) is 0 Å². The fraction of sp³-hybridized carbons (Fsp3) is 0.368. The van der Waals surface area contributed by atoms with E-state index in [9.17, 15) is 4.79 Å². The molecule has 0 saturated carbocycles. The molecule has 5 nitrogen and oxygen atoms in total. The minimum Gasteiger partial charge on any atom is -0.487 e. The zero-order valence-corrected chi connectivity index (χ0v) is 13.6. The molecule has 2 amide bonds. The van der Waals surface area contributed by atoms with Crippen LogP contribution in [0.5, 0.6) is 5.75 Å². The maximum atomic E-state index is 12.5. The van der Waals surface area contributed by atoms with Crippen molar-refractivity contribution in [3.63, 3.8) is 0 Å². The molecule has 1 aliphatic heterocycles. The van der Waals surface area contributed by atoms with Crippen LogP contribution in [0.1, 0.15) is 24.0 Å². The second kappa shape index (κ2) is 6.51. The van der Waals surface area contributed by atoms with Gasteiger partial charge in [0.1, 0.15) is 11.9 Å². The lowest BCUT2D eigenvalue weighted by Crippen LogP contribution is -2.34. The smallest absolute Gasteiger partial charge is 0.321 e. The predicted molar refractivity (Wildman–Crippen MR) is 92.3 cm³/mol. The molecule has 0 spiro atoms. The van der Waals surface area contributed by atoms with Gasteiger partial charge in [-0.2, -0.15) is 0 Å². The van der Waals surface area contributed by atoms with Gasteiger partial charge < -0.3 is 15.0 Å². The van der Waals surface area contributed by atoms with Crippen LogP contribution < -0.4 is 10.1 Å². The van der Waals surface area contributed by atoms with E-state index in [0.717, 1.165) is 30.7 Å². The van der Waals surface area contributed by atoms with Gasteiger partial charge in [-0.05, 0) is 54.7 Å². The van der Waals surface area contributed by atoms with Crippen LogP contribution in [0.25, 0.3) is 0 Å². The number of urea groups is 1. The van der Waals surface area contributed by atoms with E-state index in [2.05, 4.69) is 22.4 Å². The van der Waals surface area contributed by atoms with E-state index in [0.29, 0.717) is 13.1 Å². The number of amides is 2. The third kappa shape index (κ3) is 3.20. The van der Waals surface area contributed by atoms with E-state index in [-0.39, 0.29) is 12.1 Å². The Morgan fingerprint density at radius 3 is 3.04 bits per heavy atom. The molecule has 5 heteroatoms. The molecule has 24 heavy (non-hydrogen) atoms. The number of pyridine rings is 1. The Morgan fingerprint density at radius 2 is 2.17 bits per heavy atom.